The smallest absolute Gasteiger partial charge is 0.240 e. The molecule has 100 valence electrons. The van der Waals surface area contributed by atoms with Gasteiger partial charge < -0.3 is 11.1 Å². The summed E-state index contributed by atoms with van der Waals surface area (Å²) >= 11 is 4.87. The number of primary amides is 1. The van der Waals surface area contributed by atoms with Gasteiger partial charge in [0.05, 0.1) is 9.70 Å². The van der Waals surface area contributed by atoms with Crippen molar-refractivity contribution < 1.29 is 9.59 Å². The van der Waals surface area contributed by atoms with Crippen molar-refractivity contribution in [1.82, 2.24) is 5.32 Å². The molecule has 0 aliphatic carbocycles. The summed E-state index contributed by atoms with van der Waals surface area (Å²) in [6.07, 6.45) is 0. The molecule has 18 heavy (non-hydrogen) atoms. The maximum atomic E-state index is 12.0. The summed E-state index contributed by atoms with van der Waals surface area (Å²) < 4.78 is 0.979. The van der Waals surface area contributed by atoms with Crippen LogP contribution in [0.2, 0.25) is 0 Å². The fourth-order valence-electron chi connectivity index (χ4n) is 1.53. The monoisotopic (exact) mass is 332 g/mol. The molecule has 1 aromatic rings. The minimum absolute atomic E-state index is 0.0197. The third-order valence-electron chi connectivity index (χ3n) is 2.69. The number of carbonyl (C=O) groups excluding carboxylic acids is 2. The molecule has 4 nitrogen and oxygen atoms in total. The summed E-state index contributed by atoms with van der Waals surface area (Å²) in [4.78, 5) is 24.2. The highest BCUT2D eigenvalue weighted by molar-refractivity contribution is 9.11. The normalized spacial score (nSPS) is 14.3. The van der Waals surface area contributed by atoms with Crippen LogP contribution < -0.4 is 11.1 Å². The summed E-state index contributed by atoms with van der Waals surface area (Å²) in [5.41, 5.74) is 5.27. The Hall–Kier alpha value is -0.880. The van der Waals surface area contributed by atoms with Gasteiger partial charge in [0.15, 0.2) is 0 Å². The lowest BCUT2D eigenvalue weighted by atomic mass is 10.0. The van der Waals surface area contributed by atoms with Crippen molar-refractivity contribution in [2.75, 3.05) is 0 Å². The standard InChI is InChI=1S/C12H17BrN2O2S/c1-6(2)10(11(14)16)15-12(17)7(3)8-4-5-9(13)18-8/h4-7,10H,1-3H3,(H2,14,16)(H,15,17)/t7-,10+/m1/s1. The highest BCUT2D eigenvalue weighted by atomic mass is 79.9. The van der Waals surface area contributed by atoms with Crippen LogP contribution in [0.25, 0.3) is 0 Å². The molecule has 1 heterocycles. The van der Waals surface area contributed by atoms with Crippen molar-refractivity contribution in [2.45, 2.75) is 32.7 Å². The maximum Gasteiger partial charge on any atom is 0.240 e. The molecule has 0 spiro atoms. The van der Waals surface area contributed by atoms with Crippen molar-refractivity contribution in [3.8, 4) is 0 Å². The van der Waals surface area contributed by atoms with Gasteiger partial charge in [-0.05, 0) is 40.9 Å². The topological polar surface area (TPSA) is 72.2 Å². The van der Waals surface area contributed by atoms with E-state index in [1.807, 2.05) is 32.9 Å². The first-order valence-corrected chi connectivity index (χ1v) is 7.28. The summed E-state index contributed by atoms with van der Waals surface area (Å²) in [6.45, 7) is 5.51. The second-order valence-electron chi connectivity index (χ2n) is 4.50. The Kier molecular flexibility index (Phi) is 5.34. The molecule has 0 aliphatic heterocycles. The van der Waals surface area contributed by atoms with Gasteiger partial charge in [0.1, 0.15) is 6.04 Å². The number of nitrogens with one attached hydrogen (secondary N) is 1. The van der Waals surface area contributed by atoms with Crippen molar-refractivity contribution >= 4 is 39.1 Å². The van der Waals surface area contributed by atoms with Gasteiger partial charge in [-0.3, -0.25) is 9.59 Å². The van der Waals surface area contributed by atoms with E-state index in [0.29, 0.717) is 0 Å². The van der Waals surface area contributed by atoms with Gasteiger partial charge in [-0.15, -0.1) is 11.3 Å². The fraction of sp³-hybridized carbons (Fsp3) is 0.500. The van der Waals surface area contributed by atoms with Gasteiger partial charge in [0, 0.05) is 4.88 Å². The largest absolute Gasteiger partial charge is 0.368 e. The van der Waals surface area contributed by atoms with Crippen LogP contribution in [-0.4, -0.2) is 17.9 Å². The highest BCUT2D eigenvalue weighted by Gasteiger charge is 2.25. The summed E-state index contributed by atoms with van der Waals surface area (Å²) in [7, 11) is 0. The van der Waals surface area contributed by atoms with E-state index >= 15 is 0 Å². The van der Waals surface area contributed by atoms with Gasteiger partial charge in [0.2, 0.25) is 11.8 Å². The number of halogens is 1. The zero-order chi connectivity index (χ0) is 13.9. The van der Waals surface area contributed by atoms with Crippen LogP contribution in [0.1, 0.15) is 31.6 Å². The Morgan fingerprint density at radius 1 is 1.33 bits per heavy atom. The minimum atomic E-state index is -0.622. The van der Waals surface area contributed by atoms with E-state index in [0.717, 1.165) is 8.66 Å². The second-order valence-corrected chi connectivity index (χ2v) is 6.99. The SMILES string of the molecule is CC(C)[C@H](NC(=O)[C@H](C)c1ccc(Br)s1)C(N)=O. The molecule has 0 aliphatic rings. The predicted octanol–water partition coefficient (Wildman–Crippen LogP) is 2.24. The van der Waals surface area contributed by atoms with E-state index in [1.165, 1.54) is 11.3 Å². The van der Waals surface area contributed by atoms with Crippen LogP contribution in [0.5, 0.6) is 0 Å². The predicted molar refractivity (Wildman–Crippen MR) is 76.4 cm³/mol. The van der Waals surface area contributed by atoms with Crippen LogP contribution in [0.4, 0.5) is 0 Å². The first-order chi connectivity index (χ1) is 8.32. The minimum Gasteiger partial charge on any atom is -0.368 e. The van der Waals surface area contributed by atoms with E-state index in [-0.39, 0.29) is 17.7 Å². The molecule has 0 saturated carbocycles. The molecule has 0 unspecified atom stereocenters. The Labute approximate surface area is 119 Å². The molecule has 1 rings (SSSR count). The van der Waals surface area contributed by atoms with Gasteiger partial charge in [-0.25, -0.2) is 0 Å². The average molecular weight is 333 g/mol. The number of thiophene rings is 1. The molecule has 2 amide bonds. The zero-order valence-electron chi connectivity index (χ0n) is 10.6. The molecule has 0 aromatic carbocycles. The number of carbonyl (C=O) groups is 2. The van der Waals surface area contributed by atoms with Crippen LogP contribution >= 0.6 is 27.3 Å². The lowest BCUT2D eigenvalue weighted by Gasteiger charge is -2.20. The van der Waals surface area contributed by atoms with E-state index in [2.05, 4.69) is 21.2 Å². The van der Waals surface area contributed by atoms with Crippen LogP contribution in [-0.2, 0) is 9.59 Å². The summed E-state index contributed by atoms with van der Waals surface area (Å²) in [5, 5.41) is 2.70. The van der Waals surface area contributed by atoms with Crippen molar-refractivity contribution in [1.29, 1.82) is 0 Å². The summed E-state index contributed by atoms with van der Waals surface area (Å²) in [6, 6.07) is 3.18. The van der Waals surface area contributed by atoms with Gasteiger partial charge in [-0.2, -0.15) is 0 Å². The third-order valence-corrected chi connectivity index (χ3v) is 4.49. The molecule has 0 saturated heterocycles. The van der Waals surface area contributed by atoms with E-state index < -0.39 is 11.9 Å². The van der Waals surface area contributed by atoms with E-state index in [9.17, 15) is 9.59 Å². The second kappa shape index (κ2) is 6.33. The molecule has 6 heteroatoms. The highest BCUT2D eigenvalue weighted by Crippen LogP contribution is 2.28. The van der Waals surface area contributed by atoms with Crippen molar-refractivity contribution in [3.05, 3.63) is 20.8 Å². The van der Waals surface area contributed by atoms with Gasteiger partial charge in [0.25, 0.3) is 0 Å². The molecular weight excluding hydrogens is 316 g/mol. The van der Waals surface area contributed by atoms with Crippen LogP contribution in [0.3, 0.4) is 0 Å². The zero-order valence-corrected chi connectivity index (χ0v) is 13.0. The first-order valence-electron chi connectivity index (χ1n) is 5.67. The number of amides is 2. The first kappa shape index (κ1) is 15.2. The number of hydrogen-bond donors (Lipinski definition) is 2. The van der Waals surface area contributed by atoms with Crippen molar-refractivity contribution in [2.24, 2.45) is 11.7 Å². The Balaban J connectivity index is 2.73. The van der Waals surface area contributed by atoms with Crippen molar-refractivity contribution in [3.63, 3.8) is 0 Å². The van der Waals surface area contributed by atoms with E-state index in [1.54, 1.807) is 0 Å². The fourth-order valence-corrected chi connectivity index (χ4v) is 3.01. The molecule has 3 N–H and O–H groups in total. The Bertz CT molecular complexity index is 445. The number of nitrogens with two attached hydrogens (primary N) is 1. The molecule has 0 radical (unpaired) electrons. The molecular formula is C12H17BrN2O2S. The molecule has 1 aromatic heterocycles. The lowest BCUT2D eigenvalue weighted by molar-refractivity contribution is -0.128. The van der Waals surface area contributed by atoms with Crippen LogP contribution in [0.15, 0.2) is 15.9 Å². The third kappa shape index (κ3) is 3.81. The molecule has 0 fully saturated rings. The number of rotatable bonds is 5. The summed E-state index contributed by atoms with van der Waals surface area (Å²) in [5.74, 6) is -0.990. The Morgan fingerprint density at radius 2 is 1.94 bits per heavy atom. The van der Waals surface area contributed by atoms with E-state index in [4.69, 9.17) is 5.73 Å². The van der Waals surface area contributed by atoms with Gasteiger partial charge in [-0.1, -0.05) is 13.8 Å². The Morgan fingerprint density at radius 3 is 2.33 bits per heavy atom. The maximum absolute atomic E-state index is 12.0. The van der Waals surface area contributed by atoms with Gasteiger partial charge >= 0.3 is 0 Å². The molecule has 2 atom stereocenters. The van der Waals surface area contributed by atoms with Crippen LogP contribution in [0, 0.1) is 5.92 Å². The lowest BCUT2D eigenvalue weighted by Crippen LogP contribution is -2.48. The number of hydrogen-bond acceptors (Lipinski definition) is 3. The quantitative estimate of drug-likeness (QED) is 0.867. The average Bonchev–Trinajstić information content (AvgIpc) is 2.70. The molecule has 0 bridgehead atoms.